The number of halogens is 1. The molecule has 2 aromatic carbocycles. The van der Waals surface area contributed by atoms with Gasteiger partial charge in [-0.25, -0.2) is 0 Å². The molecule has 0 saturated carbocycles. The molecule has 3 rings (SSSR count). The van der Waals surface area contributed by atoms with Gasteiger partial charge in [0.2, 0.25) is 0 Å². The summed E-state index contributed by atoms with van der Waals surface area (Å²) >= 11 is 3.35. The number of nitrogens with one attached hydrogen (secondary N) is 1. The highest BCUT2D eigenvalue weighted by Crippen LogP contribution is 2.17. The van der Waals surface area contributed by atoms with Gasteiger partial charge in [-0.2, -0.15) is 0 Å². The quantitative estimate of drug-likeness (QED) is 0.828. The van der Waals surface area contributed by atoms with Crippen molar-refractivity contribution in [1.82, 2.24) is 4.90 Å². The molecule has 0 aliphatic carbocycles. The number of likely N-dealkylation sites (tertiary alicyclic amines) is 1. The summed E-state index contributed by atoms with van der Waals surface area (Å²) in [7, 11) is 0. The Hall–Kier alpha value is -2.34. The van der Waals surface area contributed by atoms with Crippen molar-refractivity contribution in [3.05, 3.63) is 58.6 Å². The van der Waals surface area contributed by atoms with E-state index in [2.05, 4.69) is 21.2 Å². The topological polar surface area (TPSA) is 58.6 Å². The highest BCUT2D eigenvalue weighted by Gasteiger charge is 2.19. The largest absolute Gasteiger partial charge is 0.484 e. The lowest BCUT2D eigenvalue weighted by Crippen LogP contribution is -2.27. The van der Waals surface area contributed by atoms with E-state index in [1.165, 1.54) is 0 Å². The van der Waals surface area contributed by atoms with Gasteiger partial charge in [0.15, 0.2) is 6.61 Å². The van der Waals surface area contributed by atoms with E-state index in [1.54, 1.807) is 36.4 Å². The van der Waals surface area contributed by atoms with E-state index in [0.29, 0.717) is 17.0 Å². The van der Waals surface area contributed by atoms with E-state index in [1.807, 2.05) is 17.0 Å². The molecule has 1 heterocycles. The first kappa shape index (κ1) is 17.5. The molecule has 1 aliphatic rings. The molecule has 0 aromatic heterocycles. The number of carbonyl (C=O) groups excluding carboxylic acids is 2. The second-order valence-electron chi connectivity index (χ2n) is 5.87. The SMILES string of the molecule is O=C(COc1ccc(C(=O)N2CCCC2)cc1)Nc1ccc(Br)cc1. The Morgan fingerprint density at radius 3 is 2.28 bits per heavy atom. The molecule has 1 aliphatic heterocycles. The van der Waals surface area contributed by atoms with Gasteiger partial charge in [-0.3, -0.25) is 9.59 Å². The minimum absolute atomic E-state index is 0.0528. The standard InChI is InChI=1S/C19H19BrN2O3/c20-15-5-7-16(8-6-15)21-18(23)13-25-17-9-3-14(4-10-17)19(24)22-11-1-2-12-22/h3-10H,1-2,11-13H2,(H,21,23). The van der Waals surface area contributed by atoms with Gasteiger partial charge in [0.1, 0.15) is 5.75 Å². The minimum atomic E-state index is -0.237. The van der Waals surface area contributed by atoms with Crippen molar-refractivity contribution in [2.45, 2.75) is 12.8 Å². The molecular formula is C19H19BrN2O3. The van der Waals surface area contributed by atoms with E-state index in [4.69, 9.17) is 4.74 Å². The number of rotatable bonds is 5. The zero-order valence-corrected chi connectivity index (χ0v) is 15.3. The monoisotopic (exact) mass is 402 g/mol. The van der Waals surface area contributed by atoms with Crippen LogP contribution in [0.1, 0.15) is 23.2 Å². The van der Waals surface area contributed by atoms with Crippen molar-refractivity contribution in [2.75, 3.05) is 25.0 Å². The molecule has 5 nitrogen and oxygen atoms in total. The molecule has 0 radical (unpaired) electrons. The van der Waals surface area contributed by atoms with Crippen LogP contribution in [0.25, 0.3) is 0 Å². The minimum Gasteiger partial charge on any atom is -0.484 e. The normalized spacial score (nSPS) is 13.6. The number of hydrogen-bond acceptors (Lipinski definition) is 3. The summed E-state index contributed by atoms with van der Waals surface area (Å²) in [5.74, 6) is 0.375. The maximum Gasteiger partial charge on any atom is 0.262 e. The molecule has 0 atom stereocenters. The number of benzene rings is 2. The van der Waals surface area contributed by atoms with Crippen LogP contribution in [0.15, 0.2) is 53.0 Å². The molecule has 0 bridgehead atoms. The van der Waals surface area contributed by atoms with Crippen LogP contribution in [0.4, 0.5) is 5.69 Å². The molecule has 0 spiro atoms. The van der Waals surface area contributed by atoms with Gasteiger partial charge in [-0.15, -0.1) is 0 Å². The average Bonchev–Trinajstić information content (AvgIpc) is 3.16. The van der Waals surface area contributed by atoms with E-state index >= 15 is 0 Å². The number of hydrogen-bond donors (Lipinski definition) is 1. The fourth-order valence-corrected chi connectivity index (χ4v) is 2.94. The summed E-state index contributed by atoms with van der Waals surface area (Å²) in [5.41, 5.74) is 1.36. The van der Waals surface area contributed by atoms with Gasteiger partial charge in [0.25, 0.3) is 11.8 Å². The second kappa shape index (κ2) is 8.16. The number of amides is 2. The highest BCUT2D eigenvalue weighted by atomic mass is 79.9. The zero-order valence-electron chi connectivity index (χ0n) is 13.7. The molecule has 0 unspecified atom stereocenters. The predicted octanol–water partition coefficient (Wildman–Crippen LogP) is 3.70. The van der Waals surface area contributed by atoms with Crippen molar-refractivity contribution in [2.24, 2.45) is 0 Å². The van der Waals surface area contributed by atoms with Crippen LogP contribution in [0, 0.1) is 0 Å². The predicted molar refractivity (Wildman–Crippen MR) is 99.8 cm³/mol. The fourth-order valence-electron chi connectivity index (χ4n) is 2.68. The first-order valence-electron chi connectivity index (χ1n) is 8.19. The lowest BCUT2D eigenvalue weighted by molar-refractivity contribution is -0.118. The Morgan fingerprint density at radius 2 is 1.64 bits per heavy atom. The van der Waals surface area contributed by atoms with E-state index in [-0.39, 0.29) is 18.4 Å². The molecule has 25 heavy (non-hydrogen) atoms. The van der Waals surface area contributed by atoms with E-state index < -0.39 is 0 Å². The Labute approximate surface area is 155 Å². The molecule has 130 valence electrons. The molecule has 1 fully saturated rings. The Bertz CT molecular complexity index is 738. The summed E-state index contributed by atoms with van der Waals surface area (Å²) in [6, 6.07) is 14.2. The summed E-state index contributed by atoms with van der Waals surface area (Å²) in [6.07, 6.45) is 2.14. The maximum absolute atomic E-state index is 12.3. The van der Waals surface area contributed by atoms with Crippen LogP contribution >= 0.6 is 15.9 Å². The summed E-state index contributed by atoms with van der Waals surface area (Å²) in [6.45, 7) is 1.57. The van der Waals surface area contributed by atoms with Gasteiger partial charge in [-0.1, -0.05) is 15.9 Å². The Balaban J connectivity index is 1.50. The Morgan fingerprint density at radius 1 is 1.00 bits per heavy atom. The van der Waals surface area contributed by atoms with Gasteiger partial charge in [0.05, 0.1) is 0 Å². The third-order valence-corrected chi connectivity index (χ3v) is 4.52. The first-order chi connectivity index (χ1) is 12.1. The molecule has 2 aromatic rings. The fraction of sp³-hybridized carbons (Fsp3) is 0.263. The van der Waals surface area contributed by atoms with Gasteiger partial charge in [-0.05, 0) is 61.4 Å². The van der Waals surface area contributed by atoms with Crippen LogP contribution in [0.2, 0.25) is 0 Å². The molecule has 2 amide bonds. The van der Waals surface area contributed by atoms with Crippen LogP contribution in [-0.4, -0.2) is 36.4 Å². The lowest BCUT2D eigenvalue weighted by atomic mass is 10.2. The van der Waals surface area contributed by atoms with Crippen molar-refractivity contribution in [1.29, 1.82) is 0 Å². The number of anilines is 1. The summed E-state index contributed by atoms with van der Waals surface area (Å²) < 4.78 is 6.43. The summed E-state index contributed by atoms with van der Waals surface area (Å²) in [5, 5.41) is 2.76. The van der Waals surface area contributed by atoms with Crippen molar-refractivity contribution < 1.29 is 14.3 Å². The zero-order chi connectivity index (χ0) is 17.6. The van der Waals surface area contributed by atoms with Crippen LogP contribution in [-0.2, 0) is 4.79 Å². The number of ether oxygens (including phenoxy) is 1. The van der Waals surface area contributed by atoms with E-state index in [0.717, 1.165) is 30.4 Å². The first-order valence-corrected chi connectivity index (χ1v) is 8.99. The molecule has 1 N–H and O–H groups in total. The van der Waals surface area contributed by atoms with Crippen molar-refractivity contribution >= 4 is 33.4 Å². The average molecular weight is 403 g/mol. The van der Waals surface area contributed by atoms with Crippen LogP contribution < -0.4 is 10.1 Å². The summed E-state index contributed by atoms with van der Waals surface area (Å²) in [4.78, 5) is 26.0. The highest BCUT2D eigenvalue weighted by molar-refractivity contribution is 9.10. The number of nitrogens with zero attached hydrogens (tertiary/aromatic N) is 1. The van der Waals surface area contributed by atoms with Gasteiger partial charge in [0, 0.05) is 28.8 Å². The third-order valence-electron chi connectivity index (χ3n) is 3.99. The maximum atomic E-state index is 12.3. The molecular weight excluding hydrogens is 384 g/mol. The Kier molecular flexibility index (Phi) is 5.71. The van der Waals surface area contributed by atoms with E-state index in [9.17, 15) is 9.59 Å². The third kappa shape index (κ3) is 4.82. The second-order valence-corrected chi connectivity index (χ2v) is 6.78. The van der Waals surface area contributed by atoms with Crippen molar-refractivity contribution in [3.8, 4) is 5.75 Å². The molecule has 6 heteroatoms. The number of carbonyl (C=O) groups is 2. The van der Waals surface area contributed by atoms with Crippen LogP contribution in [0.3, 0.4) is 0 Å². The molecule has 1 saturated heterocycles. The smallest absolute Gasteiger partial charge is 0.262 e. The van der Waals surface area contributed by atoms with Crippen LogP contribution in [0.5, 0.6) is 5.75 Å². The van der Waals surface area contributed by atoms with Gasteiger partial charge < -0.3 is 15.0 Å². The lowest BCUT2D eigenvalue weighted by Gasteiger charge is -2.15. The van der Waals surface area contributed by atoms with Gasteiger partial charge >= 0.3 is 0 Å². The van der Waals surface area contributed by atoms with Crippen molar-refractivity contribution in [3.63, 3.8) is 0 Å².